The molecule has 0 radical (unpaired) electrons. The third-order valence-corrected chi connectivity index (χ3v) is 2.18. The normalized spacial score (nSPS) is 10.5. The molecule has 0 spiro atoms. The lowest BCUT2D eigenvalue weighted by Crippen LogP contribution is -2.25. The highest BCUT2D eigenvalue weighted by Crippen LogP contribution is 2.12. The Bertz CT molecular complexity index is 448. The van der Waals surface area contributed by atoms with Gasteiger partial charge in [-0.15, -0.1) is 0 Å². The molecule has 6 heteroatoms. The Morgan fingerprint density at radius 2 is 2.12 bits per heavy atom. The number of hydrogen-bond donors (Lipinski definition) is 2. The molecule has 0 saturated heterocycles. The fourth-order valence-electron chi connectivity index (χ4n) is 1.41. The number of benzene rings is 1. The smallest absolute Gasteiger partial charge is 0.317 e. The average Bonchev–Trinajstić information content (AvgIpc) is 2.19. The minimum absolute atomic E-state index is 0.0899. The Morgan fingerprint density at radius 1 is 1.47 bits per heavy atom. The van der Waals surface area contributed by atoms with Crippen molar-refractivity contribution in [2.75, 3.05) is 13.6 Å². The third kappa shape index (κ3) is 3.84. The van der Waals surface area contributed by atoms with E-state index in [-0.39, 0.29) is 18.7 Å². The molecular formula is C11H13FN2O3. The average molecular weight is 240 g/mol. The summed E-state index contributed by atoms with van der Waals surface area (Å²) in [6.07, 6.45) is 0. The molecule has 1 amide bonds. The number of carbonyl (C=O) groups is 2. The van der Waals surface area contributed by atoms with E-state index in [1.165, 1.54) is 17.0 Å². The zero-order valence-electron chi connectivity index (χ0n) is 9.31. The van der Waals surface area contributed by atoms with E-state index in [0.717, 1.165) is 6.07 Å². The Kier molecular flexibility index (Phi) is 4.17. The van der Waals surface area contributed by atoms with E-state index >= 15 is 0 Å². The van der Waals surface area contributed by atoms with Crippen LogP contribution in [0.25, 0.3) is 0 Å². The van der Waals surface area contributed by atoms with Gasteiger partial charge in [-0.3, -0.25) is 14.5 Å². The summed E-state index contributed by atoms with van der Waals surface area (Å²) in [5.74, 6) is -2.26. The zero-order chi connectivity index (χ0) is 13.0. The number of carbonyl (C=O) groups excluding carboxylic acids is 1. The fraction of sp³-hybridized carbons (Fsp3) is 0.273. The van der Waals surface area contributed by atoms with Crippen molar-refractivity contribution < 1.29 is 19.1 Å². The van der Waals surface area contributed by atoms with E-state index < -0.39 is 17.7 Å². The SMILES string of the molecule is CN(CC(=O)O)Cc1ccc(C(N)=O)cc1F. The zero-order valence-corrected chi connectivity index (χ0v) is 9.31. The molecule has 92 valence electrons. The van der Waals surface area contributed by atoms with Crippen molar-refractivity contribution in [2.45, 2.75) is 6.54 Å². The van der Waals surface area contributed by atoms with Gasteiger partial charge in [0, 0.05) is 17.7 Å². The van der Waals surface area contributed by atoms with Gasteiger partial charge in [0.15, 0.2) is 0 Å². The number of likely N-dealkylation sites (N-methyl/N-ethyl adjacent to an activating group) is 1. The maximum Gasteiger partial charge on any atom is 0.317 e. The Balaban J connectivity index is 2.79. The minimum Gasteiger partial charge on any atom is -0.480 e. The molecule has 1 rings (SSSR count). The molecular weight excluding hydrogens is 227 g/mol. The molecule has 0 fully saturated rings. The number of carboxylic acid groups (broad SMARTS) is 1. The van der Waals surface area contributed by atoms with Crippen LogP contribution in [0.3, 0.4) is 0 Å². The van der Waals surface area contributed by atoms with Gasteiger partial charge in [-0.1, -0.05) is 6.07 Å². The van der Waals surface area contributed by atoms with Gasteiger partial charge in [0.05, 0.1) is 6.54 Å². The van der Waals surface area contributed by atoms with Crippen molar-refractivity contribution in [3.8, 4) is 0 Å². The van der Waals surface area contributed by atoms with Crippen molar-refractivity contribution in [3.05, 3.63) is 35.1 Å². The van der Waals surface area contributed by atoms with Gasteiger partial charge >= 0.3 is 5.97 Å². The largest absolute Gasteiger partial charge is 0.480 e. The van der Waals surface area contributed by atoms with E-state index in [4.69, 9.17) is 10.8 Å². The molecule has 1 aromatic rings. The number of nitrogens with two attached hydrogens (primary N) is 1. The fourth-order valence-corrected chi connectivity index (χ4v) is 1.41. The number of primary amides is 1. The first-order valence-electron chi connectivity index (χ1n) is 4.88. The standard InChI is InChI=1S/C11H13FN2O3/c1-14(6-10(15)16)5-8-3-2-7(11(13)17)4-9(8)12/h2-4H,5-6H2,1H3,(H2,13,17)(H,15,16). The van der Waals surface area contributed by atoms with Gasteiger partial charge in [0.2, 0.25) is 5.91 Å². The lowest BCUT2D eigenvalue weighted by Gasteiger charge is -2.14. The summed E-state index contributed by atoms with van der Waals surface area (Å²) in [6, 6.07) is 3.88. The molecule has 1 aromatic carbocycles. The maximum atomic E-state index is 13.5. The van der Waals surface area contributed by atoms with Crippen molar-refractivity contribution >= 4 is 11.9 Å². The van der Waals surface area contributed by atoms with E-state index in [1.807, 2.05) is 0 Å². The van der Waals surface area contributed by atoms with Crippen LogP contribution >= 0.6 is 0 Å². The quantitative estimate of drug-likeness (QED) is 0.782. The summed E-state index contributed by atoms with van der Waals surface area (Å²) in [5, 5.41) is 8.55. The molecule has 0 heterocycles. The number of halogens is 1. The van der Waals surface area contributed by atoms with Crippen molar-refractivity contribution in [1.82, 2.24) is 4.90 Å². The second-order valence-corrected chi connectivity index (χ2v) is 3.74. The second-order valence-electron chi connectivity index (χ2n) is 3.74. The summed E-state index contributed by atoms with van der Waals surface area (Å²) >= 11 is 0. The third-order valence-electron chi connectivity index (χ3n) is 2.18. The van der Waals surface area contributed by atoms with Crippen LogP contribution < -0.4 is 5.73 Å². The first kappa shape index (κ1) is 13.1. The van der Waals surface area contributed by atoms with Crippen LogP contribution in [0.1, 0.15) is 15.9 Å². The van der Waals surface area contributed by atoms with Gasteiger partial charge in [-0.05, 0) is 19.2 Å². The number of carboxylic acids is 1. The molecule has 0 aliphatic heterocycles. The lowest BCUT2D eigenvalue weighted by atomic mass is 10.1. The molecule has 0 unspecified atom stereocenters. The highest BCUT2D eigenvalue weighted by Gasteiger charge is 2.10. The van der Waals surface area contributed by atoms with E-state index in [1.54, 1.807) is 7.05 Å². The van der Waals surface area contributed by atoms with Gasteiger partial charge in [0.1, 0.15) is 5.82 Å². The highest BCUT2D eigenvalue weighted by molar-refractivity contribution is 5.92. The van der Waals surface area contributed by atoms with E-state index in [0.29, 0.717) is 5.56 Å². The summed E-state index contributed by atoms with van der Waals surface area (Å²) in [5.41, 5.74) is 5.41. The van der Waals surface area contributed by atoms with Crippen LogP contribution in [-0.2, 0) is 11.3 Å². The molecule has 17 heavy (non-hydrogen) atoms. The summed E-state index contributed by atoms with van der Waals surface area (Å²) in [7, 11) is 1.57. The Labute approximate surface area is 97.6 Å². The number of nitrogens with zero attached hydrogens (tertiary/aromatic N) is 1. The van der Waals surface area contributed by atoms with Gasteiger partial charge in [0.25, 0.3) is 0 Å². The minimum atomic E-state index is -0.985. The van der Waals surface area contributed by atoms with Crippen molar-refractivity contribution in [2.24, 2.45) is 5.73 Å². The molecule has 0 atom stereocenters. The van der Waals surface area contributed by atoms with Gasteiger partial charge in [-0.2, -0.15) is 0 Å². The van der Waals surface area contributed by atoms with Crippen LogP contribution in [0.15, 0.2) is 18.2 Å². The van der Waals surface area contributed by atoms with Crippen molar-refractivity contribution in [3.63, 3.8) is 0 Å². The first-order chi connectivity index (χ1) is 7.90. The lowest BCUT2D eigenvalue weighted by molar-refractivity contribution is -0.138. The number of rotatable bonds is 5. The summed E-state index contributed by atoms with van der Waals surface area (Å²) in [4.78, 5) is 22.7. The number of amides is 1. The van der Waals surface area contributed by atoms with Gasteiger partial charge < -0.3 is 10.8 Å². The maximum absolute atomic E-state index is 13.5. The number of aliphatic carboxylic acids is 1. The second kappa shape index (κ2) is 5.40. The molecule has 0 saturated carbocycles. The van der Waals surface area contributed by atoms with Crippen LogP contribution in [-0.4, -0.2) is 35.5 Å². The summed E-state index contributed by atoms with van der Waals surface area (Å²) < 4.78 is 13.5. The molecule has 0 aromatic heterocycles. The Hall–Kier alpha value is -1.95. The predicted molar refractivity (Wildman–Crippen MR) is 58.9 cm³/mol. The van der Waals surface area contributed by atoms with E-state index in [2.05, 4.69) is 0 Å². The highest BCUT2D eigenvalue weighted by atomic mass is 19.1. The first-order valence-corrected chi connectivity index (χ1v) is 4.88. The monoisotopic (exact) mass is 240 g/mol. The van der Waals surface area contributed by atoms with Gasteiger partial charge in [-0.25, -0.2) is 4.39 Å². The van der Waals surface area contributed by atoms with Crippen LogP contribution in [0.5, 0.6) is 0 Å². The predicted octanol–water partition coefficient (Wildman–Crippen LogP) is 0.441. The molecule has 3 N–H and O–H groups in total. The van der Waals surface area contributed by atoms with Crippen LogP contribution in [0.2, 0.25) is 0 Å². The number of hydrogen-bond acceptors (Lipinski definition) is 3. The molecule has 0 aliphatic carbocycles. The van der Waals surface area contributed by atoms with E-state index in [9.17, 15) is 14.0 Å². The van der Waals surface area contributed by atoms with Crippen LogP contribution in [0, 0.1) is 5.82 Å². The topological polar surface area (TPSA) is 83.6 Å². The molecule has 0 aliphatic rings. The Morgan fingerprint density at radius 3 is 2.59 bits per heavy atom. The molecule has 0 bridgehead atoms. The summed E-state index contributed by atoms with van der Waals surface area (Å²) in [6.45, 7) is -0.0335. The van der Waals surface area contributed by atoms with Crippen LogP contribution in [0.4, 0.5) is 4.39 Å². The molecule has 5 nitrogen and oxygen atoms in total. The van der Waals surface area contributed by atoms with Crippen molar-refractivity contribution in [1.29, 1.82) is 0 Å².